The summed E-state index contributed by atoms with van der Waals surface area (Å²) in [7, 11) is 0. The van der Waals surface area contributed by atoms with E-state index in [2.05, 4.69) is 22.4 Å². The van der Waals surface area contributed by atoms with Gasteiger partial charge in [0, 0.05) is 23.9 Å². The van der Waals surface area contributed by atoms with Crippen molar-refractivity contribution in [1.29, 1.82) is 0 Å². The van der Waals surface area contributed by atoms with Crippen LogP contribution in [0.1, 0.15) is 38.8 Å². The fourth-order valence-corrected chi connectivity index (χ4v) is 1.61. The van der Waals surface area contributed by atoms with Gasteiger partial charge in [0.05, 0.1) is 0 Å². The largest absolute Gasteiger partial charge is 0.409 e. The Bertz CT molecular complexity index is 389. The second-order valence-corrected chi connectivity index (χ2v) is 5.08. The Hall–Kier alpha value is -1.62. The van der Waals surface area contributed by atoms with Gasteiger partial charge in [-0.1, -0.05) is 25.1 Å². The summed E-state index contributed by atoms with van der Waals surface area (Å²) in [6.07, 6.45) is 4.41. The SMILES string of the molecule is C[C@@H](NCCC(C)(C)/C(N)=N/O)c1cccnc1. The van der Waals surface area contributed by atoms with E-state index in [9.17, 15) is 0 Å². The molecule has 1 atom stereocenters. The highest BCUT2D eigenvalue weighted by Gasteiger charge is 2.23. The van der Waals surface area contributed by atoms with Crippen molar-refractivity contribution in [3.05, 3.63) is 30.1 Å². The molecule has 0 aliphatic carbocycles. The summed E-state index contributed by atoms with van der Waals surface area (Å²) in [5, 5.41) is 15.2. The highest BCUT2D eigenvalue weighted by Crippen LogP contribution is 2.20. The number of hydrogen-bond donors (Lipinski definition) is 3. The van der Waals surface area contributed by atoms with E-state index in [-0.39, 0.29) is 17.3 Å². The van der Waals surface area contributed by atoms with E-state index in [1.165, 1.54) is 0 Å². The molecular formula is C13H22N4O. The molecule has 1 aromatic rings. The van der Waals surface area contributed by atoms with Gasteiger partial charge in [0.2, 0.25) is 0 Å². The summed E-state index contributed by atoms with van der Waals surface area (Å²) in [6, 6.07) is 4.20. The van der Waals surface area contributed by atoms with Gasteiger partial charge in [0.1, 0.15) is 5.84 Å². The molecule has 0 saturated heterocycles. The van der Waals surface area contributed by atoms with Gasteiger partial charge in [0.15, 0.2) is 0 Å². The number of rotatable bonds is 6. The smallest absolute Gasteiger partial charge is 0.144 e. The Morgan fingerprint density at radius 2 is 2.33 bits per heavy atom. The van der Waals surface area contributed by atoms with Gasteiger partial charge in [-0.15, -0.1) is 0 Å². The van der Waals surface area contributed by atoms with Gasteiger partial charge in [0.25, 0.3) is 0 Å². The molecule has 1 heterocycles. The number of oxime groups is 1. The van der Waals surface area contributed by atoms with Crippen molar-refractivity contribution >= 4 is 5.84 Å². The van der Waals surface area contributed by atoms with Crippen molar-refractivity contribution in [3.63, 3.8) is 0 Å². The third kappa shape index (κ3) is 4.00. The fraction of sp³-hybridized carbons (Fsp3) is 0.538. The lowest BCUT2D eigenvalue weighted by Crippen LogP contribution is -2.35. The van der Waals surface area contributed by atoms with Crippen molar-refractivity contribution in [2.24, 2.45) is 16.3 Å². The Labute approximate surface area is 108 Å². The predicted molar refractivity (Wildman–Crippen MR) is 72.5 cm³/mol. The summed E-state index contributed by atoms with van der Waals surface area (Å²) in [5.74, 6) is 0.262. The van der Waals surface area contributed by atoms with Crippen LogP contribution in [0, 0.1) is 5.41 Å². The maximum absolute atomic E-state index is 8.69. The zero-order valence-electron chi connectivity index (χ0n) is 11.2. The Morgan fingerprint density at radius 3 is 2.89 bits per heavy atom. The molecule has 0 spiro atoms. The van der Waals surface area contributed by atoms with Crippen molar-refractivity contribution in [3.8, 4) is 0 Å². The van der Waals surface area contributed by atoms with Gasteiger partial charge in [-0.2, -0.15) is 0 Å². The summed E-state index contributed by atoms with van der Waals surface area (Å²) < 4.78 is 0. The lowest BCUT2D eigenvalue weighted by atomic mass is 9.88. The lowest BCUT2D eigenvalue weighted by molar-refractivity contribution is 0.304. The van der Waals surface area contributed by atoms with Gasteiger partial charge < -0.3 is 16.3 Å². The third-order valence-electron chi connectivity index (χ3n) is 3.19. The molecule has 4 N–H and O–H groups in total. The van der Waals surface area contributed by atoms with E-state index in [1.807, 2.05) is 32.2 Å². The van der Waals surface area contributed by atoms with E-state index in [1.54, 1.807) is 6.20 Å². The fourth-order valence-electron chi connectivity index (χ4n) is 1.61. The Kier molecular flexibility index (Phi) is 5.09. The van der Waals surface area contributed by atoms with Gasteiger partial charge in [-0.25, -0.2) is 0 Å². The minimum absolute atomic E-state index is 0.238. The quantitative estimate of drug-likeness (QED) is 0.311. The molecule has 5 heteroatoms. The molecule has 0 bridgehead atoms. The first-order valence-corrected chi connectivity index (χ1v) is 6.08. The normalized spacial score (nSPS) is 14.5. The number of nitrogens with two attached hydrogens (primary N) is 1. The molecule has 0 amide bonds. The van der Waals surface area contributed by atoms with E-state index >= 15 is 0 Å². The van der Waals surface area contributed by atoms with Gasteiger partial charge in [-0.05, 0) is 31.5 Å². The minimum Gasteiger partial charge on any atom is -0.409 e. The molecule has 0 radical (unpaired) electrons. The average molecular weight is 250 g/mol. The van der Waals surface area contributed by atoms with Crippen LogP contribution in [0.3, 0.4) is 0 Å². The molecule has 0 aliphatic rings. The third-order valence-corrected chi connectivity index (χ3v) is 3.19. The lowest BCUT2D eigenvalue weighted by Gasteiger charge is -2.24. The van der Waals surface area contributed by atoms with Gasteiger partial charge >= 0.3 is 0 Å². The summed E-state index contributed by atoms with van der Waals surface area (Å²) in [4.78, 5) is 4.09. The molecule has 0 saturated carbocycles. The van der Waals surface area contributed by atoms with Crippen LogP contribution in [0.25, 0.3) is 0 Å². The number of aromatic nitrogens is 1. The van der Waals surface area contributed by atoms with Crippen LogP contribution in [0.5, 0.6) is 0 Å². The molecule has 5 nitrogen and oxygen atoms in total. The first kappa shape index (κ1) is 14.4. The summed E-state index contributed by atoms with van der Waals surface area (Å²) in [6.45, 7) is 6.80. The molecule has 1 rings (SSSR count). The van der Waals surface area contributed by atoms with Crippen molar-refractivity contribution in [2.45, 2.75) is 33.2 Å². The summed E-state index contributed by atoms with van der Waals surface area (Å²) in [5.41, 5.74) is 6.48. The molecule has 100 valence electrons. The predicted octanol–water partition coefficient (Wildman–Crippen LogP) is 1.89. The van der Waals surface area contributed by atoms with E-state index in [0.717, 1.165) is 18.5 Å². The average Bonchev–Trinajstić information content (AvgIpc) is 2.38. The van der Waals surface area contributed by atoms with Crippen LogP contribution in [-0.2, 0) is 0 Å². The maximum atomic E-state index is 8.69. The van der Waals surface area contributed by atoms with Crippen LogP contribution in [0.2, 0.25) is 0 Å². The van der Waals surface area contributed by atoms with Gasteiger partial charge in [-0.3, -0.25) is 4.98 Å². The molecule has 0 fully saturated rings. The number of hydrogen-bond acceptors (Lipinski definition) is 4. The van der Waals surface area contributed by atoms with Crippen LogP contribution in [0.15, 0.2) is 29.7 Å². The topological polar surface area (TPSA) is 83.5 Å². The number of nitrogens with one attached hydrogen (secondary N) is 1. The monoisotopic (exact) mass is 250 g/mol. The Morgan fingerprint density at radius 1 is 1.61 bits per heavy atom. The second kappa shape index (κ2) is 6.35. The van der Waals surface area contributed by atoms with Crippen molar-refractivity contribution in [1.82, 2.24) is 10.3 Å². The standard InChI is InChI=1S/C13H22N4O/c1-10(11-5-4-7-15-9-11)16-8-6-13(2,3)12(14)17-18/h4-5,7,9-10,16,18H,6,8H2,1-3H3,(H2,14,17)/t10-/m1/s1. The minimum atomic E-state index is -0.309. The highest BCUT2D eigenvalue weighted by atomic mass is 16.4. The number of pyridine rings is 1. The molecule has 1 aromatic heterocycles. The van der Waals surface area contributed by atoms with E-state index < -0.39 is 0 Å². The zero-order chi connectivity index (χ0) is 13.6. The van der Waals surface area contributed by atoms with Crippen LogP contribution >= 0.6 is 0 Å². The van der Waals surface area contributed by atoms with Crippen LogP contribution in [0.4, 0.5) is 0 Å². The number of nitrogens with zero attached hydrogens (tertiary/aromatic N) is 2. The van der Waals surface area contributed by atoms with E-state index in [0.29, 0.717) is 0 Å². The molecule has 0 aromatic carbocycles. The second-order valence-electron chi connectivity index (χ2n) is 5.08. The maximum Gasteiger partial charge on any atom is 0.144 e. The van der Waals surface area contributed by atoms with Crippen LogP contribution in [-0.4, -0.2) is 22.6 Å². The first-order valence-electron chi connectivity index (χ1n) is 6.08. The zero-order valence-corrected chi connectivity index (χ0v) is 11.2. The molecule has 18 heavy (non-hydrogen) atoms. The summed E-state index contributed by atoms with van der Waals surface area (Å²) >= 11 is 0. The van der Waals surface area contributed by atoms with E-state index in [4.69, 9.17) is 10.9 Å². The molecular weight excluding hydrogens is 228 g/mol. The first-order chi connectivity index (χ1) is 8.47. The number of amidine groups is 1. The molecule has 0 aliphatic heterocycles. The van der Waals surface area contributed by atoms with Crippen LogP contribution < -0.4 is 11.1 Å². The highest BCUT2D eigenvalue weighted by molar-refractivity contribution is 5.85. The van der Waals surface area contributed by atoms with Crippen molar-refractivity contribution < 1.29 is 5.21 Å². The Balaban J connectivity index is 2.43. The molecule has 0 unspecified atom stereocenters. The van der Waals surface area contributed by atoms with Crippen molar-refractivity contribution in [2.75, 3.05) is 6.54 Å².